The molecule has 110 valence electrons. The van der Waals surface area contributed by atoms with E-state index in [2.05, 4.69) is 17.6 Å². The molecule has 0 aromatic heterocycles. The van der Waals surface area contributed by atoms with E-state index in [1.807, 2.05) is 17.0 Å². The van der Waals surface area contributed by atoms with Crippen molar-refractivity contribution in [3.05, 3.63) is 29.3 Å². The van der Waals surface area contributed by atoms with E-state index >= 15 is 0 Å². The Morgan fingerprint density at radius 2 is 2.20 bits per heavy atom. The molecule has 2 amide bonds. The van der Waals surface area contributed by atoms with Gasteiger partial charge in [-0.1, -0.05) is 18.5 Å². The molecule has 2 N–H and O–H groups in total. The quantitative estimate of drug-likeness (QED) is 0.875. The number of anilines is 1. The molecule has 5 heteroatoms. The molecule has 0 aliphatic carbocycles. The molecular weight excluding hydrogens is 274 g/mol. The van der Waals surface area contributed by atoms with Crippen LogP contribution in [0, 0.1) is 0 Å². The number of nitrogens with zero attached hydrogens (tertiary/aromatic N) is 1. The minimum atomic E-state index is -0.0390. The molecular formula is C15H22ClN3O. The third-order valence-electron chi connectivity index (χ3n) is 3.48. The van der Waals surface area contributed by atoms with Crippen LogP contribution < -0.4 is 10.6 Å². The van der Waals surface area contributed by atoms with Gasteiger partial charge in [-0.15, -0.1) is 0 Å². The molecule has 1 saturated heterocycles. The monoisotopic (exact) mass is 295 g/mol. The summed E-state index contributed by atoms with van der Waals surface area (Å²) < 4.78 is 0. The number of nitrogens with one attached hydrogen (secondary N) is 2. The number of urea groups is 1. The first-order valence-corrected chi connectivity index (χ1v) is 7.61. The van der Waals surface area contributed by atoms with Crippen molar-refractivity contribution in [3.8, 4) is 0 Å². The average molecular weight is 296 g/mol. The fraction of sp³-hybridized carbons (Fsp3) is 0.533. The van der Waals surface area contributed by atoms with Crippen molar-refractivity contribution in [2.24, 2.45) is 0 Å². The van der Waals surface area contributed by atoms with Gasteiger partial charge >= 0.3 is 6.03 Å². The van der Waals surface area contributed by atoms with Gasteiger partial charge in [0.15, 0.2) is 0 Å². The smallest absolute Gasteiger partial charge is 0.321 e. The Labute approximate surface area is 125 Å². The van der Waals surface area contributed by atoms with Crippen molar-refractivity contribution in [2.75, 3.05) is 25.0 Å². The van der Waals surface area contributed by atoms with Crippen LogP contribution in [0.15, 0.2) is 24.3 Å². The van der Waals surface area contributed by atoms with E-state index in [0.29, 0.717) is 11.1 Å². The third kappa shape index (κ3) is 4.39. The highest BCUT2D eigenvalue weighted by molar-refractivity contribution is 6.30. The lowest BCUT2D eigenvalue weighted by Gasteiger charge is -2.25. The molecule has 1 atom stereocenters. The Hall–Kier alpha value is -1.26. The number of halogens is 1. The van der Waals surface area contributed by atoms with Crippen LogP contribution in [0.3, 0.4) is 0 Å². The van der Waals surface area contributed by atoms with Crippen LogP contribution in [0.1, 0.15) is 26.2 Å². The highest BCUT2D eigenvalue weighted by atomic mass is 35.5. The maximum absolute atomic E-state index is 12.3. The predicted octanol–water partition coefficient (Wildman–Crippen LogP) is 3.34. The van der Waals surface area contributed by atoms with Crippen LogP contribution in [-0.2, 0) is 0 Å². The lowest BCUT2D eigenvalue weighted by molar-refractivity contribution is 0.206. The van der Waals surface area contributed by atoms with Crippen molar-refractivity contribution in [1.82, 2.24) is 10.2 Å². The van der Waals surface area contributed by atoms with Gasteiger partial charge in [-0.25, -0.2) is 4.79 Å². The molecule has 1 heterocycles. The topological polar surface area (TPSA) is 44.4 Å². The molecule has 4 nitrogen and oxygen atoms in total. The molecule has 0 spiro atoms. The van der Waals surface area contributed by atoms with E-state index in [4.69, 9.17) is 11.6 Å². The van der Waals surface area contributed by atoms with Gasteiger partial charge in [0, 0.05) is 29.8 Å². The first kappa shape index (κ1) is 15.1. The molecule has 1 fully saturated rings. The lowest BCUT2D eigenvalue weighted by Crippen LogP contribution is -2.43. The standard InChI is InChI=1S/C15H22ClN3O/c1-2-10-19(11-14-4-3-9-17-14)15(20)18-13-7-5-12(16)6-8-13/h5-8,14,17H,2-4,9-11H2,1H3,(H,18,20). The fourth-order valence-electron chi connectivity index (χ4n) is 2.46. The number of carbonyl (C=O) groups is 1. The summed E-state index contributed by atoms with van der Waals surface area (Å²) in [6.45, 7) is 4.69. The Kier molecular flexibility index (Phi) is 5.68. The highest BCUT2D eigenvalue weighted by Crippen LogP contribution is 2.14. The molecule has 1 aliphatic rings. The van der Waals surface area contributed by atoms with Gasteiger partial charge in [0.25, 0.3) is 0 Å². The van der Waals surface area contributed by atoms with Crippen molar-refractivity contribution in [2.45, 2.75) is 32.2 Å². The summed E-state index contributed by atoms with van der Waals surface area (Å²) >= 11 is 5.84. The summed E-state index contributed by atoms with van der Waals surface area (Å²) in [5.41, 5.74) is 0.778. The molecule has 1 aromatic rings. The summed E-state index contributed by atoms with van der Waals surface area (Å²) in [7, 11) is 0. The molecule has 0 radical (unpaired) electrons. The van der Waals surface area contributed by atoms with E-state index in [9.17, 15) is 4.79 Å². The largest absolute Gasteiger partial charge is 0.323 e. The second-order valence-corrected chi connectivity index (χ2v) is 5.61. The van der Waals surface area contributed by atoms with Gasteiger partial charge in [0.2, 0.25) is 0 Å². The van der Waals surface area contributed by atoms with Gasteiger partial charge < -0.3 is 15.5 Å². The molecule has 1 unspecified atom stereocenters. The van der Waals surface area contributed by atoms with Crippen LogP contribution in [0.4, 0.5) is 10.5 Å². The maximum Gasteiger partial charge on any atom is 0.321 e. The first-order valence-electron chi connectivity index (χ1n) is 7.24. The summed E-state index contributed by atoms with van der Waals surface area (Å²) in [6, 6.07) is 7.58. The average Bonchev–Trinajstić information content (AvgIpc) is 2.94. The van der Waals surface area contributed by atoms with E-state index < -0.39 is 0 Å². The first-order chi connectivity index (χ1) is 9.69. The molecule has 1 aromatic carbocycles. The normalized spacial score (nSPS) is 18.0. The second-order valence-electron chi connectivity index (χ2n) is 5.18. The minimum absolute atomic E-state index is 0.0390. The Morgan fingerprint density at radius 3 is 2.80 bits per heavy atom. The van der Waals surface area contributed by atoms with E-state index in [1.165, 1.54) is 6.42 Å². The summed E-state index contributed by atoms with van der Waals surface area (Å²) in [4.78, 5) is 14.2. The van der Waals surface area contributed by atoms with Gasteiger partial charge in [0.05, 0.1) is 0 Å². The third-order valence-corrected chi connectivity index (χ3v) is 3.73. The van der Waals surface area contributed by atoms with Crippen LogP contribution >= 0.6 is 11.6 Å². The Bertz CT molecular complexity index is 429. The van der Waals surface area contributed by atoms with Crippen molar-refractivity contribution in [1.29, 1.82) is 0 Å². The van der Waals surface area contributed by atoms with E-state index in [-0.39, 0.29) is 6.03 Å². The molecule has 0 bridgehead atoms. The van der Waals surface area contributed by atoms with Crippen molar-refractivity contribution >= 4 is 23.3 Å². The zero-order valence-electron chi connectivity index (χ0n) is 11.9. The number of carbonyl (C=O) groups excluding carboxylic acids is 1. The summed E-state index contributed by atoms with van der Waals surface area (Å²) in [5, 5.41) is 7.03. The molecule has 2 rings (SSSR count). The van der Waals surface area contributed by atoms with Crippen molar-refractivity contribution < 1.29 is 4.79 Å². The van der Waals surface area contributed by atoms with Gasteiger partial charge in [-0.3, -0.25) is 0 Å². The second kappa shape index (κ2) is 7.50. The van der Waals surface area contributed by atoms with Gasteiger partial charge in [0.1, 0.15) is 0 Å². The Morgan fingerprint density at radius 1 is 1.45 bits per heavy atom. The summed E-state index contributed by atoms with van der Waals surface area (Å²) in [6.07, 6.45) is 3.30. The summed E-state index contributed by atoms with van der Waals surface area (Å²) in [5.74, 6) is 0. The van der Waals surface area contributed by atoms with E-state index in [0.717, 1.165) is 38.2 Å². The number of hydrogen-bond acceptors (Lipinski definition) is 2. The van der Waals surface area contributed by atoms with Crippen LogP contribution in [0.2, 0.25) is 5.02 Å². The van der Waals surface area contributed by atoms with Crippen molar-refractivity contribution in [3.63, 3.8) is 0 Å². The van der Waals surface area contributed by atoms with Gasteiger partial charge in [-0.05, 0) is 50.1 Å². The lowest BCUT2D eigenvalue weighted by atomic mass is 10.2. The Balaban J connectivity index is 1.93. The maximum atomic E-state index is 12.3. The number of rotatable bonds is 5. The molecule has 1 aliphatic heterocycles. The molecule has 0 saturated carbocycles. The van der Waals surface area contributed by atoms with Gasteiger partial charge in [-0.2, -0.15) is 0 Å². The van der Waals surface area contributed by atoms with Crippen LogP contribution in [0.25, 0.3) is 0 Å². The zero-order chi connectivity index (χ0) is 14.4. The minimum Gasteiger partial charge on any atom is -0.323 e. The van der Waals surface area contributed by atoms with E-state index in [1.54, 1.807) is 12.1 Å². The molecule has 20 heavy (non-hydrogen) atoms. The fourth-order valence-corrected chi connectivity index (χ4v) is 2.59. The van der Waals surface area contributed by atoms with Crippen LogP contribution in [-0.4, -0.2) is 36.6 Å². The SMILES string of the molecule is CCCN(CC1CCCN1)C(=O)Nc1ccc(Cl)cc1. The predicted molar refractivity (Wildman–Crippen MR) is 83.4 cm³/mol. The number of amides is 2. The van der Waals surface area contributed by atoms with Crippen LogP contribution in [0.5, 0.6) is 0 Å². The number of hydrogen-bond donors (Lipinski definition) is 2. The highest BCUT2D eigenvalue weighted by Gasteiger charge is 2.20. The zero-order valence-corrected chi connectivity index (χ0v) is 12.6. The number of benzene rings is 1.